The third kappa shape index (κ3) is 5.51. The lowest BCUT2D eigenvalue weighted by Crippen LogP contribution is -2.10. The Hall–Kier alpha value is -7.42. The number of nitrogens with zero attached hydrogens (tertiary/aromatic N) is 1. The first-order chi connectivity index (χ1) is 27.7. The molecule has 0 aliphatic carbocycles. The zero-order valence-corrected chi connectivity index (χ0v) is 30.6. The molecule has 11 rings (SSSR count). The van der Waals surface area contributed by atoms with E-state index in [1.165, 1.54) is 54.6 Å². The van der Waals surface area contributed by atoms with E-state index in [1.807, 2.05) is 12.1 Å². The molecule has 0 radical (unpaired) electrons. The normalized spacial score (nSPS) is 11.6. The van der Waals surface area contributed by atoms with Gasteiger partial charge in [-0.05, 0) is 126 Å². The Morgan fingerprint density at radius 3 is 1.68 bits per heavy atom. The van der Waals surface area contributed by atoms with Crippen LogP contribution in [0.2, 0.25) is 0 Å². The number of furan rings is 1. The summed E-state index contributed by atoms with van der Waals surface area (Å²) in [5, 5.41) is 9.84. The maximum Gasteiger partial charge on any atom is 0.136 e. The van der Waals surface area contributed by atoms with Gasteiger partial charge >= 0.3 is 0 Å². The minimum Gasteiger partial charge on any atom is -0.456 e. The van der Waals surface area contributed by atoms with Gasteiger partial charge in [-0.2, -0.15) is 0 Å². The summed E-state index contributed by atoms with van der Waals surface area (Å²) in [5.74, 6) is 0. The molecular formula is C54H35NO. The van der Waals surface area contributed by atoms with E-state index in [1.54, 1.807) is 0 Å². The van der Waals surface area contributed by atoms with Crippen LogP contribution in [0.3, 0.4) is 0 Å². The van der Waals surface area contributed by atoms with E-state index in [4.69, 9.17) is 4.42 Å². The molecule has 0 bridgehead atoms. The highest BCUT2D eigenvalue weighted by atomic mass is 16.3. The van der Waals surface area contributed by atoms with Gasteiger partial charge in [0.2, 0.25) is 0 Å². The lowest BCUT2D eigenvalue weighted by atomic mass is 9.94. The van der Waals surface area contributed by atoms with Crippen LogP contribution in [0.5, 0.6) is 0 Å². The van der Waals surface area contributed by atoms with Gasteiger partial charge in [0.05, 0.1) is 0 Å². The monoisotopic (exact) mass is 713 g/mol. The van der Waals surface area contributed by atoms with Crippen molar-refractivity contribution in [3.05, 3.63) is 212 Å². The second-order valence-electron chi connectivity index (χ2n) is 14.5. The second-order valence-corrected chi connectivity index (χ2v) is 14.5. The van der Waals surface area contributed by atoms with Crippen molar-refractivity contribution in [3.8, 4) is 33.4 Å². The summed E-state index contributed by atoms with van der Waals surface area (Å²) in [5.41, 5.74) is 12.1. The fraction of sp³-hybridized carbons (Fsp3) is 0. The highest BCUT2D eigenvalue weighted by Gasteiger charge is 2.16. The van der Waals surface area contributed by atoms with Gasteiger partial charge in [-0.1, -0.05) is 152 Å². The quantitative estimate of drug-likeness (QED) is 0.160. The molecule has 0 saturated heterocycles. The van der Waals surface area contributed by atoms with Crippen LogP contribution in [0.25, 0.3) is 87.6 Å². The minimum absolute atomic E-state index is 0.902. The first kappa shape index (κ1) is 32.0. The number of benzene rings is 10. The SMILES string of the molecule is c1cc(-c2ccc3ccccc3c2)cc(N(c2ccc(-c3ccc4c(c3)oc3ccccc34)cc2)c2ccc(-c3cccc4c3ccc3ccccc34)cc2)c1. The molecule has 0 unspecified atom stereocenters. The van der Waals surface area contributed by atoms with E-state index in [2.05, 4.69) is 205 Å². The second kappa shape index (κ2) is 13.2. The smallest absolute Gasteiger partial charge is 0.136 e. The van der Waals surface area contributed by atoms with Gasteiger partial charge in [-0.15, -0.1) is 0 Å². The molecular weight excluding hydrogens is 679 g/mol. The summed E-state index contributed by atoms with van der Waals surface area (Å²) in [6, 6.07) is 76.6. The average molecular weight is 714 g/mol. The summed E-state index contributed by atoms with van der Waals surface area (Å²) < 4.78 is 6.24. The first-order valence-corrected chi connectivity index (χ1v) is 19.2. The number of rotatable bonds is 6. The van der Waals surface area contributed by atoms with E-state index < -0.39 is 0 Å². The Bertz CT molecular complexity index is 3250. The molecule has 0 saturated carbocycles. The maximum atomic E-state index is 6.24. The van der Waals surface area contributed by atoms with E-state index in [-0.39, 0.29) is 0 Å². The molecule has 0 aliphatic heterocycles. The molecule has 262 valence electrons. The predicted octanol–water partition coefficient (Wildman–Crippen LogP) is 15.5. The molecule has 0 fully saturated rings. The Morgan fingerprint density at radius 1 is 0.268 bits per heavy atom. The molecule has 1 aromatic heterocycles. The molecule has 2 heteroatoms. The van der Waals surface area contributed by atoms with Crippen molar-refractivity contribution in [3.63, 3.8) is 0 Å². The van der Waals surface area contributed by atoms with Crippen LogP contribution >= 0.6 is 0 Å². The van der Waals surface area contributed by atoms with Gasteiger partial charge < -0.3 is 9.32 Å². The topological polar surface area (TPSA) is 16.4 Å². The van der Waals surface area contributed by atoms with E-state index in [0.29, 0.717) is 0 Å². The standard InChI is InChI=1S/C54H35NO/c1-2-11-40-33-42(20-19-36(40)9-1)41-12-7-13-46(34-41)55(44-27-21-37(22-28-44)43-26-32-52-51-15-5-6-18-53(51)56-54(52)35-43)45-29-23-39(24-30-45)48-16-8-17-49-47-14-4-3-10-38(47)25-31-50(48)49/h1-35H. The molecule has 56 heavy (non-hydrogen) atoms. The lowest BCUT2D eigenvalue weighted by molar-refractivity contribution is 0.669. The summed E-state index contributed by atoms with van der Waals surface area (Å²) >= 11 is 0. The molecule has 10 aromatic carbocycles. The number of hydrogen-bond acceptors (Lipinski definition) is 2. The van der Waals surface area contributed by atoms with Gasteiger partial charge in [-0.25, -0.2) is 0 Å². The zero-order chi connectivity index (χ0) is 37.0. The van der Waals surface area contributed by atoms with E-state index in [9.17, 15) is 0 Å². The number of anilines is 3. The van der Waals surface area contributed by atoms with Gasteiger partial charge in [0.25, 0.3) is 0 Å². The molecule has 1 heterocycles. The van der Waals surface area contributed by atoms with Crippen LogP contribution < -0.4 is 4.90 Å². The summed E-state index contributed by atoms with van der Waals surface area (Å²) in [6.45, 7) is 0. The van der Waals surface area contributed by atoms with Crippen LogP contribution in [-0.4, -0.2) is 0 Å². The molecule has 11 aromatic rings. The number of hydrogen-bond donors (Lipinski definition) is 0. The van der Waals surface area contributed by atoms with Gasteiger partial charge in [0, 0.05) is 27.8 Å². The molecule has 0 atom stereocenters. The molecule has 0 amide bonds. The van der Waals surface area contributed by atoms with Crippen LogP contribution in [0.4, 0.5) is 17.1 Å². The van der Waals surface area contributed by atoms with Gasteiger partial charge in [0.1, 0.15) is 11.2 Å². The van der Waals surface area contributed by atoms with Crippen LogP contribution in [-0.2, 0) is 0 Å². The molecule has 0 N–H and O–H groups in total. The summed E-state index contributed by atoms with van der Waals surface area (Å²) in [4.78, 5) is 2.36. The van der Waals surface area contributed by atoms with Crippen molar-refractivity contribution < 1.29 is 4.42 Å². The van der Waals surface area contributed by atoms with Crippen molar-refractivity contribution in [2.24, 2.45) is 0 Å². The van der Waals surface area contributed by atoms with E-state index >= 15 is 0 Å². The largest absolute Gasteiger partial charge is 0.456 e. The third-order valence-electron chi connectivity index (χ3n) is 11.2. The summed E-state index contributed by atoms with van der Waals surface area (Å²) in [6.07, 6.45) is 0. The van der Waals surface area contributed by atoms with E-state index in [0.717, 1.165) is 50.1 Å². The predicted molar refractivity (Wildman–Crippen MR) is 237 cm³/mol. The average Bonchev–Trinajstić information content (AvgIpc) is 3.65. The van der Waals surface area contributed by atoms with Gasteiger partial charge in [-0.3, -0.25) is 0 Å². The molecule has 2 nitrogen and oxygen atoms in total. The number of para-hydroxylation sites is 1. The fourth-order valence-electron chi connectivity index (χ4n) is 8.43. The van der Waals surface area contributed by atoms with Gasteiger partial charge in [0.15, 0.2) is 0 Å². The van der Waals surface area contributed by atoms with Crippen LogP contribution in [0.1, 0.15) is 0 Å². The minimum atomic E-state index is 0.902. The third-order valence-corrected chi connectivity index (χ3v) is 11.2. The van der Waals surface area contributed by atoms with Crippen molar-refractivity contribution in [2.45, 2.75) is 0 Å². The van der Waals surface area contributed by atoms with Crippen LogP contribution in [0.15, 0.2) is 217 Å². The van der Waals surface area contributed by atoms with Crippen molar-refractivity contribution in [2.75, 3.05) is 4.90 Å². The molecule has 0 aliphatic rings. The fourth-order valence-corrected chi connectivity index (χ4v) is 8.43. The first-order valence-electron chi connectivity index (χ1n) is 19.2. The number of fused-ring (bicyclic) bond motifs is 7. The van der Waals surface area contributed by atoms with Crippen molar-refractivity contribution in [1.29, 1.82) is 0 Å². The Kier molecular flexibility index (Phi) is 7.53. The Balaban J connectivity index is 1.00. The Morgan fingerprint density at radius 2 is 0.839 bits per heavy atom. The summed E-state index contributed by atoms with van der Waals surface area (Å²) in [7, 11) is 0. The van der Waals surface area contributed by atoms with Crippen molar-refractivity contribution in [1.82, 2.24) is 0 Å². The highest BCUT2D eigenvalue weighted by molar-refractivity contribution is 6.12. The lowest BCUT2D eigenvalue weighted by Gasteiger charge is -2.26. The van der Waals surface area contributed by atoms with Crippen LogP contribution in [0, 0.1) is 0 Å². The Labute approximate surface area is 325 Å². The molecule has 0 spiro atoms. The zero-order valence-electron chi connectivity index (χ0n) is 30.6. The maximum absolute atomic E-state index is 6.24. The van der Waals surface area contributed by atoms with Crippen molar-refractivity contribution >= 4 is 71.3 Å². The highest BCUT2D eigenvalue weighted by Crippen LogP contribution is 2.40.